The summed E-state index contributed by atoms with van der Waals surface area (Å²) in [5, 5.41) is 0. The van der Waals surface area contributed by atoms with Crippen LogP contribution in [0.1, 0.15) is 6.92 Å². The molecule has 0 aliphatic heterocycles. The molecular formula is C12H13NO3. The van der Waals surface area contributed by atoms with Crippen molar-refractivity contribution >= 4 is 0 Å². The number of hydrogen-bond donors (Lipinski definition) is 0. The Balaban J connectivity index is 2.35. The molecule has 1 heterocycles. The zero-order valence-corrected chi connectivity index (χ0v) is 9.27. The van der Waals surface area contributed by atoms with E-state index < -0.39 is 0 Å². The highest BCUT2D eigenvalue weighted by molar-refractivity contribution is 5.59. The van der Waals surface area contributed by atoms with E-state index in [9.17, 15) is 4.79 Å². The topological polar surface area (TPSA) is 44.4 Å². The molecule has 4 heteroatoms. The highest BCUT2D eigenvalue weighted by atomic mass is 16.5. The Morgan fingerprint density at radius 3 is 2.50 bits per heavy atom. The molecule has 16 heavy (non-hydrogen) atoms. The molecular weight excluding hydrogens is 206 g/mol. The van der Waals surface area contributed by atoms with E-state index in [1.54, 1.807) is 7.05 Å². The Kier molecular flexibility index (Phi) is 2.81. The van der Waals surface area contributed by atoms with Crippen molar-refractivity contribution in [3.63, 3.8) is 0 Å². The first kappa shape index (κ1) is 10.5. The molecule has 0 fully saturated rings. The molecule has 1 aromatic carbocycles. The minimum absolute atomic E-state index is 0.358. The van der Waals surface area contributed by atoms with Crippen molar-refractivity contribution in [3.8, 4) is 17.0 Å². The number of nitrogens with zero attached hydrogens (tertiary/aromatic N) is 1. The summed E-state index contributed by atoms with van der Waals surface area (Å²) < 4.78 is 11.6. The van der Waals surface area contributed by atoms with Crippen molar-refractivity contribution in [1.82, 2.24) is 4.57 Å². The third-order valence-corrected chi connectivity index (χ3v) is 2.37. The van der Waals surface area contributed by atoms with Gasteiger partial charge in [-0.2, -0.15) is 0 Å². The molecule has 0 N–H and O–H groups in total. The molecule has 0 spiro atoms. The van der Waals surface area contributed by atoms with Crippen molar-refractivity contribution in [2.75, 3.05) is 6.61 Å². The van der Waals surface area contributed by atoms with Crippen LogP contribution in [-0.4, -0.2) is 11.2 Å². The molecule has 1 aromatic heterocycles. The van der Waals surface area contributed by atoms with E-state index in [0.717, 1.165) is 17.0 Å². The van der Waals surface area contributed by atoms with E-state index in [1.165, 1.54) is 10.8 Å². The maximum atomic E-state index is 11.2. The summed E-state index contributed by atoms with van der Waals surface area (Å²) in [5.41, 5.74) is 1.69. The molecule has 0 unspecified atom stereocenters. The smallest absolute Gasteiger partial charge is 0.419 e. The number of benzene rings is 1. The van der Waals surface area contributed by atoms with Gasteiger partial charge >= 0.3 is 5.76 Å². The van der Waals surface area contributed by atoms with Gasteiger partial charge in [0.25, 0.3) is 0 Å². The van der Waals surface area contributed by atoms with Crippen molar-refractivity contribution in [2.45, 2.75) is 6.92 Å². The van der Waals surface area contributed by atoms with Gasteiger partial charge in [0.05, 0.1) is 12.3 Å². The summed E-state index contributed by atoms with van der Waals surface area (Å²) in [5.74, 6) is 0.462. The summed E-state index contributed by atoms with van der Waals surface area (Å²) in [6, 6.07) is 7.54. The van der Waals surface area contributed by atoms with E-state index in [-0.39, 0.29) is 5.76 Å². The summed E-state index contributed by atoms with van der Waals surface area (Å²) in [6.07, 6.45) is 1.46. The monoisotopic (exact) mass is 219 g/mol. The lowest BCUT2D eigenvalue weighted by Gasteiger charge is -2.04. The number of ether oxygens (including phenoxy) is 1. The van der Waals surface area contributed by atoms with Gasteiger partial charge in [0.2, 0.25) is 0 Å². The Morgan fingerprint density at radius 1 is 1.31 bits per heavy atom. The zero-order chi connectivity index (χ0) is 11.5. The van der Waals surface area contributed by atoms with Gasteiger partial charge in [0.15, 0.2) is 0 Å². The van der Waals surface area contributed by atoms with Crippen molar-refractivity contribution in [2.24, 2.45) is 7.05 Å². The second-order valence-corrected chi connectivity index (χ2v) is 3.40. The van der Waals surface area contributed by atoms with Gasteiger partial charge in [-0.25, -0.2) is 4.79 Å². The van der Waals surface area contributed by atoms with E-state index in [2.05, 4.69) is 0 Å². The Bertz CT molecular complexity index is 522. The highest BCUT2D eigenvalue weighted by Crippen LogP contribution is 2.21. The van der Waals surface area contributed by atoms with Crippen LogP contribution in [0.4, 0.5) is 0 Å². The third-order valence-electron chi connectivity index (χ3n) is 2.37. The number of hydrogen-bond acceptors (Lipinski definition) is 3. The van der Waals surface area contributed by atoms with Gasteiger partial charge in [0.1, 0.15) is 12.0 Å². The van der Waals surface area contributed by atoms with Gasteiger partial charge in [-0.15, -0.1) is 0 Å². The minimum Gasteiger partial charge on any atom is -0.494 e. The van der Waals surface area contributed by atoms with Crippen molar-refractivity contribution in [1.29, 1.82) is 0 Å². The first-order chi connectivity index (χ1) is 7.72. The van der Waals surface area contributed by atoms with Crippen LogP contribution < -0.4 is 10.5 Å². The molecule has 0 saturated carbocycles. The van der Waals surface area contributed by atoms with Gasteiger partial charge in [-0.1, -0.05) is 0 Å². The maximum absolute atomic E-state index is 11.2. The van der Waals surface area contributed by atoms with Crippen molar-refractivity contribution in [3.05, 3.63) is 41.1 Å². The fourth-order valence-electron chi connectivity index (χ4n) is 1.51. The second kappa shape index (κ2) is 4.26. The first-order valence-electron chi connectivity index (χ1n) is 5.10. The van der Waals surface area contributed by atoms with Crippen LogP contribution in [-0.2, 0) is 7.05 Å². The first-order valence-corrected chi connectivity index (χ1v) is 5.10. The Hall–Kier alpha value is -1.97. The zero-order valence-electron chi connectivity index (χ0n) is 9.27. The Labute approximate surface area is 93.1 Å². The molecule has 0 saturated heterocycles. The molecule has 0 bridgehead atoms. The molecule has 0 radical (unpaired) electrons. The third kappa shape index (κ3) is 1.86. The Morgan fingerprint density at radius 2 is 2.00 bits per heavy atom. The molecule has 2 aromatic rings. The summed E-state index contributed by atoms with van der Waals surface area (Å²) in [4.78, 5) is 11.2. The molecule has 0 aliphatic rings. The normalized spacial score (nSPS) is 10.4. The SMILES string of the molecule is CCOc1ccc(-c2coc(=O)n2C)cc1. The standard InChI is InChI=1S/C12H13NO3/c1-3-15-10-6-4-9(5-7-10)11-8-16-12(14)13(11)2/h4-8H,3H2,1-2H3. The minimum atomic E-state index is -0.358. The number of rotatable bonds is 3. The summed E-state index contributed by atoms with van der Waals surface area (Å²) >= 11 is 0. The quantitative estimate of drug-likeness (QED) is 0.793. The van der Waals surface area contributed by atoms with Crippen LogP contribution in [0, 0.1) is 0 Å². The maximum Gasteiger partial charge on any atom is 0.419 e. The van der Waals surface area contributed by atoms with Crippen LogP contribution in [0.25, 0.3) is 11.3 Å². The van der Waals surface area contributed by atoms with Crippen LogP contribution >= 0.6 is 0 Å². The van der Waals surface area contributed by atoms with E-state index in [1.807, 2.05) is 31.2 Å². The van der Waals surface area contributed by atoms with Gasteiger partial charge in [0, 0.05) is 12.6 Å². The lowest BCUT2D eigenvalue weighted by atomic mass is 10.1. The molecule has 0 aliphatic carbocycles. The fraction of sp³-hybridized carbons (Fsp3) is 0.250. The molecule has 0 atom stereocenters. The summed E-state index contributed by atoms with van der Waals surface area (Å²) in [6.45, 7) is 2.58. The lowest BCUT2D eigenvalue weighted by Crippen LogP contribution is -2.09. The average molecular weight is 219 g/mol. The molecule has 0 amide bonds. The van der Waals surface area contributed by atoms with E-state index in [4.69, 9.17) is 9.15 Å². The molecule has 4 nitrogen and oxygen atoms in total. The highest BCUT2D eigenvalue weighted by Gasteiger charge is 2.06. The predicted molar refractivity (Wildman–Crippen MR) is 60.6 cm³/mol. The van der Waals surface area contributed by atoms with Crippen LogP contribution in [0.2, 0.25) is 0 Å². The predicted octanol–water partition coefficient (Wildman–Crippen LogP) is 2.04. The van der Waals surface area contributed by atoms with E-state index in [0.29, 0.717) is 6.61 Å². The fourth-order valence-corrected chi connectivity index (χ4v) is 1.51. The molecule has 2 rings (SSSR count). The van der Waals surface area contributed by atoms with E-state index >= 15 is 0 Å². The number of aromatic nitrogens is 1. The van der Waals surface area contributed by atoms with Gasteiger partial charge in [-0.3, -0.25) is 4.57 Å². The largest absolute Gasteiger partial charge is 0.494 e. The summed E-state index contributed by atoms with van der Waals surface area (Å²) in [7, 11) is 1.68. The van der Waals surface area contributed by atoms with Gasteiger partial charge in [-0.05, 0) is 31.2 Å². The van der Waals surface area contributed by atoms with Crippen LogP contribution in [0.3, 0.4) is 0 Å². The van der Waals surface area contributed by atoms with Crippen molar-refractivity contribution < 1.29 is 9.15 Å². The lowest BCUT2D eigenvalue weighted by molar-refractivity contribution is 0.340. The second-order valence-electron chi connectivity index (χ2n) is 3.40. The van der Waals surface area contributed by atoms with Crippen LogP contribution in [0.5, 0.6) is 5.75 Å². The van der Waals surface area contributed by atoms with Gasteiger partial charge < -0.3 is 9.15 Å². The molecule has 84 valence electrons. The van der Waals surface area contributed by atoms with Crippen LogP contribution in [0.15, 0.2) is 39.7 Å². The average Bonchev–Trinajstić information content (AvgIpc) is 2.62. The number of oxazole rings is 1.